The maximum Gasteiger partial charge on any atom is 0.321 e. The summed E-state index contributed by atoms with van der Waals surface area (Å²) in [4.78, 5) is 11.0. The number of hydrogen-bond acceptors (Lipinski definition) is 4. The molecule has 0 bridgehead atoms. The van der Waals surface area contributed by atoms with Crippen LogP contribution < -0.4 is 10.1 Å². The second kappa shape index (κ2) is 5.93. The van der Waals surface area contributed by atoms with E-state index in [9.17, 15) is 9.90 Å². The summed E-state index contributed by atoms with van der Waals surface area (Å²) in [6, 6.07) is 4.23. The molecule has 0 radical (unpaired) electrons. The molecular formula is C14H21NO4. The highest BCUT2D eigenvalue weighted by molar-refractivity contribution is 5.73. The van der Waals surface area contributed by atoms with Gasteiger partial charge in [0, 0.05) is 0 Å². The third kappa shape index (κ3) is 4.79. The van der Waals surface area contributed by atoms with Gasteiger partial charge in [0.2, 0.25) is 0 Å². The Kier molecular flexibility index (Phi) is 4.78. The van der Waals surface area contributed by atoms with Gasteiger partial charge in [0.1, 0.15) is 11.6 Å². The van der Waals surface area contributed by atoms with Gasteiger partial charge in [-0.25, -0.2) is 0 Å². The number of phenolic OH excluding ortho intramolecular Hbond substituents is 1. The Morgan fingerprint density at radius 3 is 2.53 bits per heavy atom. The third-order valence-corrected chi connectivity index (χ3v) is 2.53. The number of aromatic hydroxyl groups is 1. The van der Waals surface area contributed by atoms with Crippen molar-refractivity contribution >= 4 is 5.97 Å². The molecule has 0 aromatic heterocycles. The number of carboxylic acids is 1. The van der Waals surface area contributed by atoms with Crippen LogP contribution in [-0.2, 0) is 11.2 Å². The predicted octanol–water partition coefficient (Wildman–Crippen LogP) is 1.78. The summed E-state index contributed by atoms with van der Waals surface area (Å²) in [5.41, 5.74) is 0.365. The lowest BCUT2D eigenvalue weighted by Gasteiger charge is -2.22. The fourth-order valence-electron chi connectivity index (χ4n) is 1.65. The van der Waals surface area contributed by atoms with Gasteiger partial charge in [0.15, 0.2) is 11.5 Å². The van der Waals surface area contributed by atoms with Crippen molar-refractivity contribution in [3.8, 4) is 11.5 Å². The van der Waals surface area contributed by atoms with Crippen molar-refractivity contribution in [3.05, 3.63) is 23.8 Å². The number of ether oxygens (including phenoxy) is 1. The zero-order chi connectivity index (χ0) is 14.6. The minimum Gasteiger partial charge on any atom is -0.504 e. The standard InChI is InChI=1S/C14H21NO4/c1-14(2,3)19-12-8-9(5-6-11(12)16)7-10(15-4)13(17)18/h5-6,8,10,15-16H,7H2,1-4H3,(H,17,18). The van der Waals surface area contributed by atoms with Crippen LogP contribution >= 0.6 is 0 Å². The highest BCUT2D eigenvalue weighted by Crippen LogP contribution is 2.30. The van der Waals surface area contributed by atoms with E-state index in [0.29, 0.717) is 12.2 Å². The number of hydrogen-bond donors (Lipinski definition) is 3. The van der Waals surface area contributed by atoms with Crippen molar-refractivity contribution in [2.75, 3.05) is 7.05 Å². The minimum absolute atomic E-state index is 0.0509. The SMILES string of the molecule is CNC(Cc1ccc(O)c(OC(C)(C)C)c1)C(=O)O. The lowest BCUT2D eigenvalue weighted by Crippen LogP contribution is -2.35. The molecule has 1 aromatic rings. The Morgan fingerprint density at radius 1 is 1.42 bits per heavy atom. The van der Waals surface area contributed by atoms with Gasteiger partial charge < -0.3 is 20.3 Å². The van der Waals surface area contributed by atoms with Gasteiger partial charge in [-0.05, 0) is 51.9 Å². The van der Waals surface area contributed by atoms with Gasteiger partial charge in [-0.2, -0.15) is 0 Å². The van der Waals surface area contributed by atoms with Crippen molar-refractivity contribution in [1.82, 2.24) is 5.32 Å². The van der Waals surface area contributed by atoms with E-state index < -0.39 is 17.6 Å². The smallest absolute Gasteiger partial charge is 0.321 e. The first-order valence-electron chi connectivity index (χ1n) is 6.14. The molecule has 0 saturated heterocycles. The van der Waals surface area contributed by atoms with E-state index in [0.717, 1.165) is 5.56 Å². The van der Waals surface area contributed by atoms with E-state index in [4.69, 9.17) is 9.84 Å². The van der Waals surface area contributed by atoms with E-state index in [1.165, 1.54) is 6.07 Å². The van der Waals surface area contributed by atoms with E-state index in [2.05, 4.69) is 5.32 Å². The fraction of sp³-hybridized carbons (Fsp3) is 0.500. The summed E-state index contributed by atoms with van der Waals surface area (Å²) < 4.78 is 5.63. The fourth-order valence-corrected chi connectivity index (χ4v) is 1.65. The maximum atomic E-state index is 11.0. The quantitative estimate of drug-likeness (QED) is 0.758. The summed E-state index contributed by atoms with van der Waals surface area (Å²) in [6.45, 7) is 5.65. The average molecular weight is 267 g/mol. The van der Waals surface area contributed by atoms with Crippen LogP contribution in [0.25, 0.3) is 0 Å². The Balaban J connectivity index is 2.92. The molecule has 5 heteroatoms. The highest BCUT2D eigenvalue weighted by Gasteiger charge is 2.18. The van der Waals surface area contributed by atoms with Crippen molar-refractivity contribution in [2.45, 2.75) is 38.8 Å². The molecule has 106 valence electrons. The topological polar surface area (TPSA) is 78.8 Å². The minimum atomic E-state index is -0.908. The van der Waals surface area contributed by atoms with Crippen molar-refractivity contribution in [2.24, 2.45) is 0 Å². The molecule has 1 rings (SSSR count). The van der Waals surface area contributed by atoms with Crippen LogP contribution in [0, 0.1) is 0 Å². The number of nitrogens with one attached hydrogen (secondary N) is 1. The number of carbonyl (C=O) groups is 1. The number of carboxylic acid groups (broad SMARTS) is 1. The first kappa shape index (κ1) is 15.3. The number of aliphatic carboxylic acids is 1. The lowest BCUT2D eigenvalue weighted by atomic mass is 10.1. The summed E-state index contributed by atoms with van der Waals surface area (Å²) in [5, 5.41) is 21.5. The molecule has 5 nitrogen and oxygen atoms in total. The molecule has 0 aliphatic rings. The van der Waals surface area contributed by atoms with E-state index >= 15 is 0 Å². The molecule has 0 fully saturated rings. The van der Waals surface area contributed by atoms with Crippen LogP contribution in [-0.4, -0.2) is 34.9 Å². The molecule has 0 amide bonds. The summed E-state index contributed by atoms with van der Waals surface area (Å²) in [7, 11) is 1.60. The molecular weight excluding hydrogens is 246 g/mol. The van der Waals surface area contributed by atoms with Crippen LogP contribution in [0.3, 0.4) is 0 Å². The van der Waals surface area contributed by atoms with Gasteiger partial charge >= 0.3 is 5.97 Å². The first-order chi connectivity index (χ1) is 8.73. The Morgan fingerprint density at radius 2 is 2.05 bits per heavy atom. The van der Waals surface area contributed by atoms with Crippen LogP contribution in [0.2, 0.25) is 0 Å². The van der Waals surface area contributed by atoms with Gasteiger partial charge in [0.25, 0.3) is 0 Å². The summed E-state index contributed by atoms with van der Waals surface area (Å²) in [6.07, 6.45) is 0.326. The number of rotatable bonds is 5. The third-order valence-electron chi connectivity index (χ3n) is 2.53. The van der Waals surface area contributed by atoms with E-state index in [1.54, 1.807) is 19.2 Å². The maximum absolute atomic E-state index is 11.0. The second-order valence-electron chi connectivity index (χ2n) is 5.40. The summed E-state index contributed by atoms with van der Waals surface area (Å²) in [5.74, 6) is -0.492. The average Bonchev–Trinajstić information content (AvgIpc) is 2.27. The van der Waals surface area contributed by atoms with Gasteiger partial charge in [-0.1, -0.05) is 6.07 Å². The number of likely N-dealkylation sites (N-methyl/N-ethyl adjacent to an activating group) is 1. The molecule has 1 atom stereocenters. The zero-order valence-corrected chi connectivity index (χ0v) is 11.7. The van der Waals surface area contributed by atoms with E-state index in [-0.39, 0.29) is 5.75 Å². The molecule has 1 unspecified atom stereocenters. The van der Waals surface area contributed by atoms with E-state index in [1.807, 2.05) is 20.8 Å². The van der Waals surface area contributed by atoms with Crippen LogP contribution in [0.15, 0.2) is 18.2 Å². The van der Waals surface area contributed by atoms with Crippen LogP contribution in [0.4, 0.5) is 0 Å². The lowest BCUT2D eigenvalue weighted by molar-refractivity contribution is -0.139. The number of benzene rings is 1. The van der Waals surface area contributed by atoms with Crippen molar-refractivity contribution in [3.63, 3.8) is 0 Å². The van der Waals surface area contributed by atoms with Crippen molar-refractivity contribution in [1.29, 1.82) is 0 Å². The summed E-state index contributed by atoms with van der Waals surface area (Å²) >= 11 is 0. The van der Waals surface area contributed by atoms with Crippen LogP contribution in [0.5, 0.6) is 11.5 Å². The molecule has 1 aromatic carbocycles. The van der Waals surface area contributed by atoms with Gasteiger partial charge in [-0.15, -0.1) is 0 Å². The second-order valence-corrected chi connectivity index (χ2v) is 5.40. The van der Waals surface area contributed by atoms with Crippen molar-refractivity contribution < 1.29 is 19.7 Å². The Bertz CT molecular complexity index is 451. The normalized spacial score (nSPS) is 13.1. The molecule has 0 aliphatic carbocycles. The zero-order valence-electron chi connectivity index (χ0n) is 11.7. The molecule has 0 saturated carbocycles. The Hall–Kier alpha value is -1.75. The number of phenols is 1. The monoisotopic (exact) mass is 267 g/mol. The highest BCUT2D eigenvalue weighted by atomic mass is 16.5. The Labute approximate surface area is 113 Å². The van der Waals surface area contributed by atoms with Gasteiger partial charge in [0.05, 0.1) is 0 Å². The van der Waals surface area contributed by atoms with Gasteiger partial charge in [-0.3, -0.25) is 4.79 Å². The molecule has 0 spiro atoms. The molecule has 0 aliphatic heterocycles. The molecule has 0 heterocycles. The molecule has 3 N–H and O–H groups in total. The predicted molar refractivity (Wildman–Crippen MR) is 72.7 cm³/mol. The molecule has 19 heavy (non-hydrogen) atoms. The largest absolute Gasteiger partial charge is 0.504 e. The van der Waals surface area contributed by atoms with Crippen LogP contribution in [0.1, 0.15) is 26.3 Å². The first-order valence-corrected chi connectivity index (χ1v) is 6.14.